The van der Waals surface area contributed by atoms with Crippen LogP contribution < -0.4 is 4.74 Å². The number of hydrogen-bond donors (Lipinski definition) is 7. The number of carbonyl (C=O) groups excluding carboxylic acids is 1. The van der Waals surface area contributed by atoms with E-state index in [0.717, 1.165) is 18.2 Å². The molecular formula is C21H22O11. The van der Waals surface area contributed by atoms with Gasteiger partial charge in [-0.05, 0) is 24.6 Å². The van der Waals surface area contributed by atoms with Crippen molar-refractivity contribution in [3.05, 3.63) is 41.5 Å². The molecule has 0 saturated carbocycles. The molecule has 0 amide bonds. The molecule has 2 aliphatic heterocycles. The molecular weight excluding hydrogens is 428 g/mol. The van der Waals surface area contributed by atoms with Gasteiger partial charge in [0.2, 0.25) is 5.78 Å². The van der Waals surface area contributed by atoms with Gasteiger partial charge in [-0.15, -0.1) is 0 Å². The highest BCUT2D eigenvalue weighted by molar-refractivity contribution is 6.05. The molecule has 32 heavy (non-hydrogen) atoms. The van der Waals surface area contributed by atoms with Crippen molar-refractivity contribution >= 4 is 5.78 Å². The molecule has 0 bridgehead atoms. The number of fused-ring (bicyclic) bond motifs is 1. The van der Waals surface area contributed by atoms with Crippen LogP contribution in [0, 0.1) is 0 Å². The van der Waals surface area contributed by atoms with Crippen molar-refractivity contribution in [2.75, 3.05) is 0 Å². The Morgan fingerprint density at radius 2 is 1.59 bits per heavy atom. The van der Waals surface area contributed by atoms with Crippen LogP contribution in [0.3, 0.4) is 0 Å². The number of Topliss-reactive ketones (excluding diaryl/α,β-unsaturated/α-hetero) is 1. The number of aromatic hydroxyl groups is 4. The van der Waals surface area contributed by atoms with Crippen LogP contribution in [-0.4, -0.2) is 78.3 Å². The molecule has 0 radical (unpaired) electrons. The van der Waals surface area contributed by atoms with Crippen LogP contribution in [0.5, 0.6) is 28.7 Å². The molecule has 2 aromatic carbocycles. The lowest BCUT2D eigenvalue weighted by molar-refractivity contribution is -0.304. The second kappa shape index (κ2) is 8.11. The molecule has 7 atom stereocenters. The van der Waals surface area contributed by atoms with Crippen molar-refractivity contribution in [1.29, 1.82) is 0 Å². The first-order chi connectivity index (χ1) is 15.1. The Kier molecular flexibility index (Phi) is 5.61. The molecule has 7 N–H and O–H groups in total. The van der Waals surface area contributed by atoms with Gasteiger partial charge in [-0.2, -0.15) is 0 Å². The summed E-state index contributed by atoms with van der Waals surface area (Å²) >= 11 is 0. The zero-order chi connectivity index (χ0) is 23.3. The molecule has 2 aromatic rings. The average Bonchev–Trinajstić information content (AvgIpc) is 2.73. The number of phenols is 4. The van der Waals surface area contributed by atoms with Crippen LogP contribution in [0.2, 0.25) is 0 Å². The number of aliphatic hydroxyl groups is 3. The first-order valence-electron chi connectivity index (χ1n) is 9.72. The first-order valence-corrected chi connectivity index (χ1v) is 9.72. The maximum Gasteiger partial charge on any atom is 0.203 e. The van der Waals surface area contributed by atoms with Gasteiger partial charge < -0.3 is 50.0 Å². The lowest BCUT2D eigenvalue weighted by atomic mass is 9.92. The Bertz CT molecular complexity index is 1040. The quantitative estimate of drug-likeness (QED) is 0.313. The minimum absolute atomic E-state index is 0.154. The van der Waals surface area contributed by atoms with E-state index in [0.29, 0.717) is 0 Å². The number of aliphatic hydroxyl groups excluding tert-OH is 3. The Morgan fingerprint density at radius 3 is 2.28 bits per heavy atom. The van der Waals surface area contributed by atoms with Gasteiger partial charge in [-0.3, -0.25) is 4.79 Å². The van der Waals surface area contributed by atoms with Crippen molar-refractivity contribution in [3.8, 4) is 28.7 Å². The SMILES string of the molecule is CC1O[C@@H](O[C@H]2C(=O)c3c(O)cc(O)cc3O[C@@H]2c2ccc(O)c(O)c2)C(O)[C@H](O)[C@H]1O. The van der Waals surface area contributed by atoms with Gasteiger partial charge >= 0.3 is 0 Å². The smallest absolute Gasteiger partial charge is 0.203 e. The second-order valence-electron chi connectivity index (χ2n) is 7.73. The van der Waals surface area contributed by atoms with E-state index in [1.165, 1.54) is 19.1 Å². The summed E-state index contributed by atoms with van der Waals surface area (Å²) in [4.78, 5) is 13.3. The lowest BCUT2D eigenvalue weighted by Crippen LogP contribution is -2.59. The molecule has 2 heterocycles. The zero-order valence-electron chi connectivity index (χ0n) is 16.7. The maximum absolute atomic E-state index is 13.3. The molecule has 2 unspecified atom stereocenters. The highest BCUT2D eigenvalue weighted by atomic mass is 16.7. The normalized spacial score (nSPS) is 32.2. The molecule has 11 nitrogen and oxygen atoms in total. The van der Waals surface area contributed by atoms with Gasteiger partial charge in [0.1, 0.15) is 41.1 Å². The van der Waals surface area contributed by atoms with Gasteiger partial charge in [-0.1, -0.05) is 6.07 Å². The summed E-state index contributed by atoms with van der Waals surface area (Å²) < 4.78 is 16.9. The number of carbonyl (C=O) groups is 1. The van der Waals surface area contributed by atoms with E-state index < -0.39 is 65.9 Å². The summed E-state index contributed by atoms with van der Waals surface area (Å²) in [5.74, 6) is -2.79. The van der Waals surface area contributed by atoms with Gasteiger partial charge in [0.15, 0.2) is 30.0 Å². The zero-order valence-corrected chi connectivity index (χ0v) is 16.7. The summed E-state index contributed by atoms with van der Waals surface area (Å²) in [6.45, 7) is 1.44. The van der Waals surface area contributed by atoms with Crippen LogP contribution in [0.25, 0.3) is 0 Å². The summed E-state index contributed by atoms with van der Waals surface area (Å²) in [5.41, 5.74) is -0.1000. The standard InChI is InChI=1S/C21H22O11/c1-7-15(26)17(28)18(29)21(30-7)32-20-16(27)14-12(25)5-9(22)6-13(14)31-19(20)8-2-3-10(23)11(24)4-8/h2-7,15,17-26,28-29H,1H3/t7?,15-,17+,18?,19+,20-,21-/m0/s1. The van der Waals surface area contributed by atoms with Gasteiger partial charge in [0.05, 0.1) is 6.10 Å². The van der Waals surface area contributed by atoms with Gasteiger partial charge in [0, 0.05) is 12.1 Å². The molecule has 0 aliphatic carbocycles. The van der Waals surface area contributed by atoms with Crippen molar-refractivity contribution < 1.29 is 54.8 Å². The Hall–Kier alpha value is -3.09. The number of ketones is 1. The predicted molar refractivity (Wildman–Crippen MR) is 104 cm³/mol. The number of phenolic OH excluding ortho intramolecular Hbond substituents is 4. The van der Waals surface area contributed by atoms with Crippen molar-refractivity contribution in [2.24, 2.45) is 0 Å². The molecule has 1 fully saturated rings. The minimum Gasteiger partial charge on any atom is -0.508 e. The summed E-state index contributed by atoms with van der Waals surface area (Å²) in [7, 11) is 0. The topological polar surface area (TPSA) is 186 Å². The van der Waals surface area contributed by atoms with E-state index in [1.54, 1.807) is 0 Å². The molecule has 2 aliphatic rings. The Labute approximate surface area is 181 Å². The second-order valence-corrected chi connectivity index (χ2v) is 7.73. The number of rotatable bonds is 3. The third-order valence-electron chi connectivity index (χ3n) is 5.52. The Morgan fingerprint density at radius 1 is 0.875 bits per heavy atom. The Balaban J connectivity index is 1.75. The third kappa shape index (κ3) is 3.70. The first kappa shape index (κ1) is 22.1. The molecule has 4 rings (SSSR count). The fourth-order valence-electron chi connectivity index (χ4n) is 3.77. The van der Waals surface area contributed by atoms with Crippen molar-refractivity contribution in [3.63, 3.8) is 0 Å². The predicted octanol–water partition coefficient (Wildman–Crippen LogP) is 0.0381. The number of benzene rings is 2. The monoisotopic (exact) mass is 450 g/mol. The van der Waals surface area contributed by atoms with Crippen LogP contribution in [-0.2, 0) is 9.47 Å². The molecule has 0 aromatic heterocycles. The van der Waals surface area contributed by atoms with Gasteiger partial charge in [-0.25, -0.2) is 0 Å². The fourth-order valence-corrected chi connectivity index (χ4v) is 3.77. The van der Waals surface area contributed by atoms with E-state index in [9.17, 15) is 40.5 Å². The van der Waals surface area contributed by atoms with E-state index in [-0.39, 0.29) is 22.6 Å². The van der Waals surface area contributed by atoms with E-state index in [4.69, 9.17) is 14.2 Å². The average molecular weight is 450 g/mol. The van der Waals surface area contributed by atoms with Crippen LogP contribution in [0.4, 0.5) is 0 Å². The van der Waals surface area contributed by atoms with Crippen molar-refractivity contribution in [1.82, 2.24) is 0 Å². The molecule has 172 valence electrons. The van der Waals surface area contributed by atoms with Crippen LogP contribution in [0.1, 0.15) is 28.9 Å². The summed E-state index contributed by atoms with van der Waals surface area (Å²) in [6, 6.07) is 5.72. The van der Waals surface area contributed by atoms with Gasteiger partial charge in [0.25, 0.3) is 0 Å². The summed E-state index contributed by atoms with van der Waals surface area (Å²) in [5, 5.41) is 69.7. The molecule has 1 saturated heterocycles. The van der Waals surface area contributed by atoms with Crippen LogP contribution in [0.15, 0.2) is 30.3 Å². The van der Waals surface area contributed by atoms with E-state index >= 15 is 0 Å². The highest BCUT2D eigenvalue weighted by Crippen LogP contribution is 2.44. The number of hydrogen-bond acceptors (Lipinski definition) is 11. The maximum atomic E-state index is 13.3. The largest absolute Gasteiger partial charge is 0.508 e. The third-order valence-corrected chi connectivity index (χ3v) is 5.52. The van der Waals surface area contributed by atoms with Crippen LogP contribution >= 0.6 is 0 Å². The van der Waals surface area contributed by atoms with Crippen molar-refractivity contribution in [2.45, 2.75) is 49.8 Å². The highest BCUT2D eigenvalue weighted by Gasteiger charge is 2.48. The van der Waals surface area contributed by atoms with E-state index in [1.807, 2.05) is 0 Å². The molecule has 11 heteroatoms. The van der Waals surface area contributed by atoms with E-state index in [2.05, 4.69) is 0 Å². The fraction of sp³-hybridized carbons (Fsp3) is 0.381. The minimum atomic E-state index is -1.71. The molecule has 0 spiro atoms. The lowest BCUT2D eigenvalue weighted by Gasteiger charge is -2.42. The number of ether oxygens (including phenoxy) is 3. The summed E-state index contributed by atoms with van der Waals surface area (Å²) in [6.07, 6.45) is -10.0.